The van der Waals surface area contributed by atoms with E-state index in [0.29, 0.717) is 6.54 Å². The Morgan fingerprint density at radius 3 is 3.06 bits per heavy atom. The van der Waals surface area contributed by atoms with Crippen molar-refractivity contribution in [1.82, 2.24) is 9.97 Å². The number of anilines is 1. The Bertz CT molecular complexity index is 437. The minimum Gasteiger partial charge on any atom is -0.481 e. The molecule has 90 valence electrons. The minimum atomic E-state index is -0.647. The third-order valence-corrected chi connectivity index (χ3v) is 4.17. The van der Waals surface area contributed by atoms with Crippen molar-refractivity contribution in [3.8, 4) is 0 Å². The van der Waals surface area contributed by atoms with E-state index in [1.807, 2.05) is 0 Å². The van der Waals surface area contributed by atoms with E-state index in [-0.39, 0.29) is 5.92 Å². The van der Waals surface area contributed by atoms with Crippen LogP contribution in [0.15, 0.2) is 18.6 Å². The van der Waals surface area contributed by atoms with Crippen LogP contribution in [0.5, 0.6) is 0 Å². The zero-order valence-electron chi connectivity index (χ0n) is 9.54. The molecule has 0 bridgehead atoms. The number of carboxylic acid groups (broad SMARTS) is 1. The van der Waals surface area contributed by atoms with Crippen molar-refractivity contribution in [2.24, 2.45) is 11.3 Å². The molecule has 0 radical (unpaired) electrons. The Balaban J connectivity index is 1.88. The first-order valence-corrected chi connectivity index (χ1v) is 5.97. The van der Waals surface area contributed by atoms with Crippen molar-refractivity contribution in [3.05, 3.63) is 18.6 Å². The van der Waals surface area contributed by atoms with Crippen molar-refractivity contribution >= 4 is 11.8 Å². The summed E-state index contributed by atoms with van der Waals surface area (Å²) in [6, 6.07) is 0. The van der Waals surface area contributed by atoms with Gasteiger partial charge < -0.3 is 10.0 Å². The summed E-state index contributed by atoms with van der Waals surface area (Å²) in [5.41, 5.74) is -0.544. The predicted molar refractivity (Wildman–Crippen MR) is 61.7 cm³/mol. The van der Waals surface area contributed by atoms with Crippen LogP contribution in [0.3, 0.4) is 0 Å². The standard InChI is InChI=1S/C12H15N3O2/c16-11(17)12-3-1-2-9(12)7-15(8-12)10-6-13-4-5-14-10/h4-6,9H,1-3,7-8H2,(H,16,17)/t9-,12+/m0/s1. The summed E-state index contributed by atoms with van der Waals surface area (Å²) in [7, 11) is 0. The first kappa shape index (κ1) is 10.5. The summed E-state index contributed by atoms with van der Waals surface area (Å²) in [4.78, 5) is 21.9. The summed E-state index contributed by atoms with van der Waals surface area (Å²) in [6.45, 7) is 1.37. The number of nitrogens with zero attached hydrogens (tertiary/aromatic N) is 3. The highest BCUT2D eigenvalue weighted by Gasteiger charge is 2.55. The van der Waals surface area contributed by atoms with Crippen molar-refractivity contribution in [1.29, 1.82) is 0 Å². The molecule has 2 aliphatic rings. The van der Waals surface area contributed by atoms with E-state index in [1.165, 1.54) is 0 Å². The summed E-state index contributed by atoms with van der Waals surface area (Å²) < 4.78 is 0. The largest absolute Gasteiger partial charge is 0.481 e. The van der Waals surface area contributed by atoms with Crippen molar-refractivity contribution in [2.75, 3.05) is 18.0 Å². The highest BCUT2D eigenvalue weighted by Crippen LogP contribution is 2.49. The zero-order chi connectivity index (χ0) is 11.9. The number of hydrogen-bond acceptors (Lipinski definition) is 4. The second-order valence-electron chi connectivity index (χ2n) is 4.99. The summed E-state index contributed by atoms with van der Waals surface area (Å²) in [5, 5.41) is 9.48. The Kier molecular flexibility index (Phi) is 2.28. The van der Waals surface area contributed by atoms with E-state index >= 15 is 0 Å². The summed E-state index contributed by atoms with van der Waals surface area (Å²) in [5.74, 6) is 0.413. The molecular weight excluding hydrogens is 218 g/mol. The molecule has 1 aliphatic heterocycles. The minimum absolute atomic E-state index is 0.266. The molecule has 0 amide bonds. The molecule has 0 aromatic carbocycles. The van der Waals surface area contributed by atoms with Gasteiger partial charge in [-0.15, -0.1) is 0 Å². The summed E-state index contributed by atoms with van der Waals surface area (Å²) in [6.07, 6.45) is 7.83. The van der Waals surface area contributed by atoms with Gasteiger partial charge in [0.25, 0.3) is 0 Å². The number of carboxylic acids is 1. The van der Waals surface area contributed by atoms with Crippen LogP contribution >= 0.6 is 0 Å². The van der Waals surface area contributed by atoms with E-state index in [0.717, 1.165) is 31.6 Å². The number of hydrogen-bond donors (Lipinski definition) is 1. The summed E-state index contributed by atoms with van der Waals surface area (Å²) >= 11 is 0. The molecule has 0 unspecified atom stereocenters. The molecular formula is C12H15N3O2. The maximum Gasteiger partial charge on any atom is 0.311 e. The van der Waals surface area contributed by atoms with E-state index in [9.17, 15) is 9.90 Å². The molecule has 2 atom stereocenters. The van der Waals surface area contributed by atoms with Gasteiger partial charge in [-0.2, -0.15) is 0 Å². The Hall–Kier alpha value is -1.65. The average Bonchev–Trinajstić information content (AvgIpc) is 2.87. The lowest BCUT2D eigenvalue weighted by Gasteiger charge is -2.23. The lowest BCUT2D eigenvalue weighted by Crippen LogP contribution is -2.35. The molecule has 5 heteroatoms. The number of aromatic nitrogens is 2. The number of carbonyl (C=O) groups is 1. The third kappa shape index (κ3) is 1.49. The first-order valence-electron chi connectivity index (χ1n) is 5.97. The van der Waals surface area contributed by atoms with Gasteiger partial charge in [-0.25, -0.2) is 4.98 Å². The van der Waals surface area contributed by atoms with Crippen molar-refractivity contribution < 1.29 is 9.90 Å². The second-order valence-corrected chi connectivity index (χ2v) is 4.99. The van der Waals surface area contributed by atoms with E-state index in [1.54, 1.807) is 18.6 Å². The van der Waals surface area contributed by atoms with Gasteiger partial charge >= 0.3 is 5.97 Å². The maximum atomic E-state index is 11.5. The number of aliphatic carboxylic acids is 1. The van der Waals surface area contributed by atoms with Gasteiger partial charge in [-0.05, 0) is 18.8 Å². The maximum absolute atomic E-state index is 11.5. The molecule has 17 heavy (non-hydrogen) atoms. The second kappa shape index (κ2) is 3.68. The highest BCUT2D eigenvalue weighted by molar-refractivity contribution is 5.77. The molecule has 2 fully saturated rings. The van der Waals surface area contributed by atoms with Crippen LogP contribution in [0, 0.1) is 11.3 Å². The zero-order valence-corrected chi connectivity index (χ0v) is 9.54. The van der Waals surface area contributed by atoms with Gasteiger partial charge in [0.05, 0.1) is 11.6 Å². The van der Waals surface area contributed by atoms with E-state index < -0.39 is 11.4 Å². The van der Waals surface area contributed by atoms with Gasteiger partial charge in [0, 0.05) is 25.5 Å². The van der Waals surface area contributed by atoms with E-state index in [2.05, 4.69) is 14.9 Å². The molecule has 1 aromatic heterocycles. The molecule has 1 N–H and O–H groups in total. The SMILES string of the molecule is O=C(O)[C@@]12CCC[C@H]1CN(c1cnccn1)C2. The van der Waals surface area contributed by atoms with Gasteiger partial charge in [0.2, 0.25) is 0 Å². The van der Waals surface area contributed by atoms with Crippen LogP contribution in [0.4, 0.5) is 5.82 Å². The Morgan fingerprint density at radius 1 is 1.53 bits per heavy atom. The Morgan fingerprint density at radius 2 is 2.41 bits per heavy atom. The molecule has 1 aromatic rings. The molecule has 1 aliphatic carbocycles. The third-order valence-electron chi connectivity index (χ3n) is 4.17. The van der Waals surface area contributed by atoms with E-state index in [4.69, 9.17) is 0 Å². The lowest BCUT2D eigenvalue weighted by atomic mass is 9.81. The van der Waals surface area contributed by atoms with Crippen LogP contribution in [0.2, 0.25) is 0 Å². The predicted octanol–water partition coefficient (Wildman–Crippen LogP) is 1.17. The topological polar surface area (TPSA) is 66.3 Å². The Labute approximate surface area is 99.5 Å². The molecule has 1 saturated carbocycles. The molecule has 0 spiro atoms. The molecule has 5 nitrogen and oxygen atoms in total. The first-order chi connectivity index (χ1) is 8.22. The van der Waals surface area contributed by atoms with Crippen molar-refractivity contribution in [2.45, 2.75) is 19.3 Å². The lowest BCUT2D eigenvalue weighted by molar-refractivity contribution is -0.149. The fourth-order valence-corrected chi connectivity index (χ4v) is 3.27. The van der Waals surface area contributed by atoms with Crippen LogP contribution in [-0.2, 0) is 4.79 Å². The fraction of sp³-hybridized carbons (Fsp3) is 0.583. The smallest absolute Gasteiger partial charge is 0.311 e. The van der Waals surface area contributed by atoms with Gasteiger partial charge in [-0.3, -0.25) is 9.78 Å². The highest BCUT2D eigenvalue weighted by atomic mass is 16.4. The molecule has 1 saturated heterocycles. The van der Waals surface area contributed by atoms with Crippen LogP contribution < -0.4 is 4.90 Å². The normalized spacial score (nSPS) is 31.5. The molecule has 3 rings (SSSR count). The van der Waals surface area contributed by atoms with Crippen LogP contribution in [-0.4, -0.2) is 34.1 Å². The van der Waals surface area contributed by atoms with Gasteiger partial charge in [-0.1, -0.05) is 6.42 Å². The van der Waals surface area contributed by atoms with Gasteiger partial charge in [0.1, 0.15) is 5.82 Å². The fourth-order valence-electron chi connectivity index (χ4n) is 3.27. The molecule has 2 heterocycles. The monoisotopic (exact) mass is 233 g/mol. The van der Waals surface area contributed by atoms with Gasteiger partial charge in [0.15, 0.2) is 0 Å². The van der Waals surface area contributed by atoms with Crippen LogP contribution in [0.1, 0.15) is 19.3 Å². The average molecular weight is 233 g/mol. The van der Waals surface area contributed by atoms with Crippen LogP contribution in [0.25, 0.3) is 0 Å². The number of rotatable bonds is 2. The number of fused-ring (bicyclic) bond motifs is 1. The van der Waals surface area contributed by atoms with Crippen molar-refractivity contribution in [3.63, 3.8) is 0 Å². The quantitative estimate of drug-likeness (QED) is 0.830.